The number of amides is 1. The standard InChI is InChI=1S/C15H23ClN2O3/c1-11(2)18-15(20)6-7-17-9-13(19)10-21-14-5-3-4-12(16)8-14/h3-5,8,11,13,17,19H,6-7,9-10H2,1-2H3,(H,18,20). The summed E-state index contributed by atoms with van der Waals surface area (Å²) in [5.41, 5.74) is 0. The zero-order valence-corrected chi connectivity index (χ0v) is 13.2. The van der Waals surface area contributed by atoms with Gasteiger partial charge in [-0.2, -0.15) is 0 Å². The fourth-order valence-corrected chi connectivity index (χ4v) is 1.85. The lowest BCUT2D eigenvalue weighted by Gasteiger charge is -2.13. The molecule has 0 aliphatic rings. The summed E-state index contributed by atoms with van der Waals surface area (Å²) in [6.07, 6.45) is -0.253. The van der Waals surface area contributed by atoms with Gasteiger partial charge in [-0.05, 0) is 32.0 Å². The molecule has 1 atom stereocenters. The second kappa shape index (κ2) is 9.60. The van der Waals surface area contributed by atoms with Gasteiger partial charge in [-0.15, -0.1) is 0 Å². The minimum atomic E-state index is -0.642. The predicted molar refractivity (Wildman–Crippen MR) is 83.7 cm³/mol. The summed E-state index contributed by atoms with van der Waals surface area (Å²) in [6, 6.07) is 7.17. The van der Waals surface area contributed by atoms with Crippen molar-refractivity contribution in [3.8, 4) is 5.75 Å². The second-order valence-corrected chi connectivity index (χ2v) is 5.53. The number of aliphatic hydroxyl groups excluding tert-OH is 1. The van der Waals surface area contributed by atoms with E-state index < -0.39 is 6.10 Å². The lowest BCUT2D eigenvalue weighted by molar-refractivity contribution is -0.121. The molecule has 0 saturated carbocycles. The molecule has 1 amide bonds. The van der Waals surface area contributed by atoms with Crippen molar-refractivity contribution in [3.05, 3.63) is 29.3 Å². The van der Waals surface area contributed by atoms with Crippen LogP contribution in [0.1, 0.15) is 20.3 Å². The van der Waals surface area contributed by atoms with Crippen LogP contribution >= 0.6 is 11.6 Å². The molecule has 0 spiro atoms. The molecule has 21 heavy (non-hydrogen) atoms. The molecule has 0 saturated heterocycles. The summed E-state index contributed by atoms with van der Waals surface area (Å²) < 4.78 is 5.43. The molecule has 0 fully saturated rings. The highest BCUT2D eigenvalue weighted by molar-refractivity contribution is 6.30. The van der Waals surface area contributed by atoms with Crippen LogP contribution in [0.2, 0.25) is 5.02 Å². The Kier molecular flexibility index (Phi) is 8.12. The van der Waals surface area contributed by atoms with E-state index in [1.807, 2.05) is 13.8 Å². The fraction of sp³-hybridized carbons (Fsp3) is 0.533. The highest BCUT2D eigenvalue weighted by Gasteiger charge is 2.07. The molecule has 5 nitrogen and oxygen atoms in total. The molecular formula is C15H23ClN2O3. The molecule has 0 aliphatic heterocycles. The smallest absolute Gasteiger partial charge is 0.221 e. The maximum atomic E-state index is 11.4. The summed E-state index contributed by atoms with van der Waals surface area (Å²) in [5.74, 6) is 0.625. The maximum Gasteiger partial charge on any atom is 0.221 e. The van der Waals surface area contributed by atoms with Crippen molar-refractivity contribution in [2.45, 2.75) is 32.4 Å². The van der Waals surface area contributed by atoms with E-state index in [0.29, 0.717) is 30.3 Å². The molecule has 3 N–H and O–H groups in total. The first-order valence-electron chi connectivity index (χ1n) is 7.04. The summed E-state index contributed by atoms with van der Waals surface area (Å²) >= 11 is 5.84. The Labute approximate surface area is 130 Å². The van der Waals surface area contributed by atoms with Crippen LogP contribution in [-0.4, -0.2) is 42.9 Å². The van der Waals surface area contributed by atoms with Gasteiger partial charge >= 0.3 is 0 Å². The molecule has 118 valence electrons. The van der Waals surface area contributed by atoms with Gasteiger partial charge in [0.1, 0.15) is 18.5 Å². The van der Waals surface area contributed by atoms with Gasteiger partial charge in [-0.1, -0.05) is 17.7 Å². The van der Waals surface area contributed by atoms with E-state index in [4.69, 9.17) is 16.3 Å². The van der Waals surface area contributed by atoms with Gasteiger partial charge < -0.3 is 20.5 Å². The minimum Gasteiger partial charge on any atom is -0.491 e. The number of benzene rings is 1. The Morgan fingerprint density at radius 3 is 2.86 bits per heavy atom. The summed E-state index contributed by atoms with van der Waals surface area (Å²) in [4.78, 5) is 11.4. The number of rotatable bonds is 9. The number of nitrogens with one attached hydrogen (secondary N) is 2. The fourth-order valence-electron chi connectivity index (χ4n) is 1.67. The number of carbonyl (C=O) groups excluding carboxylic acids is 1. The Morgan fingerprint density at radius 1 is 1.43 bits per heavy atom. The first-order valence-corrected chi connectivity index (χ1v) is 7.41. The number of hydrogen-bond donors (Lipinski definition) is 3. The van der Waals surface area contributed by atoms with Crippen LogP contribution in [0.5, 0.6) is 5.75 Å². The zero-order valence-electron chi connectivity index (χ0n) is 12.4. The molecule has 6 heteroatoms. The quantitative estimate of drug-likeness (QED) is 0.605. The monoisotopic (exact) mass is 314 g/mol. The number of ether oxygens (including phenoxy) is 1. The van der Waals surface area contributed by atoms with Gasteiger partial charge in [0.25, 0.3) is 0 Å². The van der Waals surface area contributed by atoms with Gasteiger partial charge in [-0.25, -0.2) is 0 Å². The third kappa shape index (κ3) is 8.55. The van der Waals surface area contributed by atoms with Gasteiger partial charge in [0.2, 0.25) is 5.91 Å². The maximum absolute atomic E-state index is 11.4. The summed E-state index contributed by atoms with van der Waals surface area (Å²) in [6.45, 7) is 4.90. The van der Waals surface area contributed by atoms with E-state index in [9.17, 15) is 9.90 Å². The molecule has 1 aromatic rings. The SMILES string of the molecule is CC(C)NC(=O)CCNCC(O)COc1cccc(Cl)c1. The van der Waals surface area contributed by atoms with Crippen molar-refractivity contribution < 1.29 is 14.6 Å². The Bertz CT molecular complexity index is 441. The van der Waals surface area contributed by atoms with Crippen molar-refractivity contribution >= 4 is 17.5 Å². The lowest BCUT2D eigenvalue weighted by atomic mass is 10.3. The molecule has 1 rings (SSSR count). The molecule has 0 aliphatic carbocycles. The van der Waals surface area contributed by atoms with Gasteiger partial charge in [-0.3, -0.25) is 4.79 Å². The van der Waals surface area contributed by atoms with Crippen molar-refractivity contribution in [3.63, 3.8) is 0 Å². The van der Waals surface area contributed by atoms with Crippen LogP contribution in [-0.2, 0) is 4.79 Å². The van der Waals surface area contributed by atoms with Crippen molar-refractivity contribution in [2.24, 2.45) is 0 Å². The predicted octanol–water partition coefficient (Wildman–Crippen LogP) is 1.58. The van der Waals surface area contributed by atoms with Crippen LogP contribution in [0, 0.1) is 0 Å². The van der Waals surface area contributed by atoms with Gasteiger partial charge in [0.05, 0.1) is 0 Å². The second-order valence-electron chi connectivity index (χ2n) is 5.10. The highest BCUT2D eigenvalue weighted by Crippen LogP contribution is 2.17. The van der Waals surface area contributed by atoms with E-state index in [1.54, 1.807) is 24.3 Å². The van der Waals surface area contributed by atoms with Gasteiger partial charge in [0.15, 0.2) is 0 Å². The highest BCUT2D eigenvalue weighted by atomic mass is 35.5. The van der Waals surface area contributed by atoms with Crippen LogP contribution in [0.15, 0.2) is 24.3 Å². The number of carbonyl (C=O) groups is 1. The minimum absolute atomic E-state index is 0.00201. The Morgan fingerprint density at radius 2 is 2.19 bits per heavy atom. The average Bonchev–Trinajstić information content (AvgIpc) is 2.41. The first kappa shape index (κ1) is 17.8. The molecule has 0 bridgehead atoms. The third-order valence-corrected chi connectivity index (χ3v) is 2.83. The normalized spacial score (nSPS) is 12.2. The van der Waals surface area contributed by atoms with E-state index in [-0.39, 0.29) is 18.6 Å². The number of halogens is 1. The van der Waals surface area contributed by atoms with Crippen LogP contribution < -0.4 is 15.4 Å². The molecule has 0 aromatic heterocycles. The molecule has 0 heterocycles. The van der Waals surface area contributed by atoms with E-state index in [2.05, 4.69) is 10.6 Å². The van der Waals surface area contributed by atoms with Crippen molar-refractivity contribution in [1.82, 2.24) is 10.6 Å². The molecular weight excluding hydrogens is 292 g/mol. The lowest BCUT2D eigenvalue weighted by Crippen LogP contribution is -2.35. The number of hydrogen-bond acceptors (Lipinski definition) is 4. The van der Waals surface area contributed by atoms with E-state index >= 15 is 0 Å². The number of aliphatic hydroxyl groups is 1. The van der Waals surface area contributed by atoms with Gasteiger partial charge in [0, 0.05) is 30.6 Å². The Balaban J connectivity index is 2.11. The zero-order chi connectivity index (χ0) is 15.7. The topological polar surface area (TPSA) is 70.6 Å². The summed E-state index contributed by atoms with van der Waals surface area (Å²) in [5, 5.41) is 16.2. The molecule has 0 radical (unpaired) electrons. The average molecular weight is 315 g/mol. The summed E-state index contributed by atoms with van der Waals surface area (Å²) in [7, 11) is 0. The van der Waals surface area contributed by atoms with E-state index in [1.165, 1.54) is 0 Å². The third-order valence-electron chi connectivity index (χ3n) is 2.60. The van der Waals surface area contributed by atoms with Crippen molar-refractivity contribution in [1.29, 1.82) is 0 Å². The van der Waals surface area contributed by atoms with Crippen molar-refractivity contribution in [2.75, 3.05) is 19.7 Å². The van der Waals surface area contributed by atoms with E-state index in [0.717, 1.165) is 0 Å². The molecule has 1 unspecified atom stereocenters. The largest absolute Gasteiger partial charge is 0.491 e. The van der Waals surface area contributed by atoms with Crippen LogP contribution in [0.3, 0.4) is 0 Å². The van der Waals surface area contributed by atoms with Crippen LogP contribution in [0.25, 0.3) is 0 Å². The van der Waals surface area contributed by atoms with Crippen LogP contribution in [0.4, 0.5) is 0 Å². The Hall–Kier alpha value is -1.30. The first-order chi connectivity index (χ1) is 9.97. The molecule has 1 aromatic carbocycles.